The van der Waals surface area contributed by atoms with Crippen molar-refractivity contribution in [2.75, 3.05) is 19.8 Å². The minimum absolute atomic E-state index is 0.0103. The number of carbonyl (C=O) groups excluding carboxylic acids is 1. The van der Waals surface area contributed by atoms with Crippen LogP contribution in [0.2, 0.25) is 0 Å². The number of aliphatic hydroxyl groups is 1. The first-order valence-electron chi connectivity index (χ1n) is 4.09. The normalized spacial score (nSPS) is 11.8. The number of carbonyl (C=O) groups is 1. The van der Waals surface area contributed by atoms with Crippen molar-refractivity contribution in [1.82, 2.24) is 5.32 Å². The molecule has 1 atom stereocenters. The summed E-state index contributed by atoms with van der Waals surface area (Å²) >= 11 is 0. The molecule has 0 aromatic rings. The van der Waals surface area contributed by atoms with Crippen molar-refractivity contribution in [2.45, 2.75) is 12.5 Å². The molecule has 0 radical (unpaired) electrons. The Kier molecular flexibility index (Phi) is 6.95. The molecule has 76 valence electrons. The SMILES string of the molecule is C=CCOC(=O)N[C@H](CN)CCO. The van der Waals surface area contributed by atoms with E-state index in [0.29, 0.717) is 6.42 Å². The first kappa shape index (κ1) is 11.9. The average Bonchev–Trinajstić information content (AvgIpc) is 2.14. The number of hydrogen-bond acceptors (Lipinski definition) is 4. The summed E-state index contributed by atoms with van der Waals surface area (Å²) in [5.74, 6) is 0. The largest absolute Gasteiger partial charge is 0.445 e. The lowest BCUT2D eigenvalue weighted by Crippen LogP contribution is -2.41. The van der Waals surface area contributed by atoms with Gasteiger partial charge in [0.1, 0.15) is 6.61 Å². The van der Waals surface area contributed by atoms with E-state index in [1.807, 2.05) is 0 Å². The third kappa shape index (κ3) is 6.12. The van der Waals surface area contributed by atoms with Crippen molar-refractivity contribution >= 4 is 6.09 Å². The van der Waals surface area contributed by atoms with Crippen LogP contribution in [0.3, 0.4) is 0 Å². The molecule has 0 saturated heterocycles. The van der Waals surface area contributed by atoms with Gasteiger partial charge in [0.05, 0.1) is 0 Å². The number of nitrogens with one attached hydrogen (secondary N) is 1. The molecule has 0 unspecified atom stereocenters. The van der Waals surface area contributed by atoms with Crippen molar-refractivity contribution in [3.8, 4) is 0 Å². The summed E-state index contributed by atoms with van der Waals surface area (Å²) < 4.78 is 4.66. The van der Waals surface area contributed by atoms with Crippen molar-refractivity contribution in [3.05, 3.63) is 12.7 Å². The molecule has 0 aliphatic carbocycles. The third-order valence-electron chi connectivity index (χ3n) is 1.42. The predicted octanol–water partition coefficient (Wildman–Crippen LogP) is -0.392. The van der Waals surface area contributed by atoms with Gasteiger partial charge in [-0.05, 0) is 6.42 Å². The van der Waals surface area contributed by atoms with Crippen LogP contribution in [0.4, 0.5) is 4.79 Å². The molecule has 0 heterocycles. The first-order valence-corrected chi connectivity index (χ1v) is 4.09. The average molecular weight is 188 g/mol. The molecule has 5 nitrogen and oxygen atoms in total. The lowest BCUT2D eigenvalue weighted by atomic mass is 10.2. The molecule has 4 N–H and O–H groups in total. The van der Waals surface area contributed by atoms with Gasteiger partial charge in [-0.3, -0.25) is 0 Å². The van der Waals surface area contributed by atoms with Crippen LogP contribution < -0.4 is 11.1 Å². The second kappa shape index (κ2) is 7.57. The van der Waals surface area contributed by atoms with Crippen LogP contribution in [-0.4, -0.2) is 37.0 Å². The monoisotopic (exact) mass is 188 g/mol. The molecule has 1 amide bonds. The Hall–Kier alpha value is -1.07. The Balaban J connectivity index is 3.65. The number of amides is 1. The number of aliphatic hydroxyl groups excluding tert-OH is 1. The van der Waals surface area contributed by atoms with E-state index in [-0.39, 0.29) is 25.8 Å². The van der Waals surface area contributed by atoms with Crippen LogP contribution >= 0.6 is 0 Å². The zero-order chi connectivity index (χ0) is 10.1. The van der Waals surface area contributed by atoms with E-state index >= 15 is 0 Å². The Morgan fingerprint density at radius 3 is 2.92 bits per heavy atom. The molecular weight excluding hydrogens is 172 g/mol. The molecule has 0 spiro atoms. The van der Waals surface area contributed by atoms with Crippen LogP contribution in [0.5, 0.6) is 0 Å². The fourth-order valence-electron chi connectivity index (χ4n) is 0.748. The highest BCUT2D eigenvalue weighted by Gasteiger charge is 2.09. The second-order valence-electron chi connectivity index (χ2n) is 2.48. The fourth-order valence-corrected chi connectivity index (χ4v) is 0.748. The van der Waals surface area contributed by atoms with Crippen LogP contribution in [0.1, 0.15) is 6.42 Å². The highest BCUT2D eigenvalue weighted by atomic mass is 16.5. The molecule has 5 heteroatoms. The van der Waals surface area contributed by atoms with Crippen LogP contribution in [-0.2, 0) is 4.74 Å². The summed E-state index contributed by atoms with van der Waals surface area (Å²) in [6.07, 6.45) is 1.37. The minimum Gasteiger partial charge on any atom is -0.445 e. The highest BCUT2D eigenvalue weighted by Crippen LogP contribution is 1.89. The van der Waals surface area contributed by atoms with Gasteiger partial charge in [-0.25, -0.2) is 4.79 Å². The van der Waals surface area contributed by atoms with Gasteiger partial charge in [0.15, 0.2) is 0 Å². The summed E-state index contributed by atoms with van der Waals surface area (Å²) in [6, 6.07) is -0.234. The minimum atomic E-state index is -0.538. The lowest BCUT2D eigenvalue weighted by Gasteiger charge is -2.14. The molecule has 0 rings (SSSR count). The van der Waals surface area contributed by atoms with Crippen molar-refractivity contribution in [3.63, 3.8) is 0 Å². The topological polar surface area (TPSA) is 84.6 Å². The van der Waals surface area contributed by atoms with E-state index in [9.17, 15) is 4.79 Å². The maximum atomic E-state index is 10.9. The van der Waals surface area contributed by atoms with E-state index in [1.54, 1.807) is 0 Å². The van der Waals surface area contributed by atoms with Gasteiger partial charge in [-0.2, -0.15) is 0 Å². The van der Waals surface area contributed by atoms with Gasteiger partial charge in [-0.1, -0.05) is 12.7 Å². The standard InChI is InChI=1S/C8H16N2O3/c1-2-5-13-8(12)10-7(6-9)3-4-11/h2,7,11H,1,3-6,9H2,(H,10,12)/t7-/m0/s1. The Morgan fingerprint density at radius 1 is 1.77 bits per heavy atom. The maximum absolute atomic E-state index is 10.9. The zero-order valence-electron chi connectivity index (χ0n) is 7.53. The van der Waals surface area contributed by atoms with Crippen LogP contribution in [0.15, 0.2) is 12.7 Å². The first-order chi connectivity index (χ1) is 6.24. The third-order valence-corrected chi connectivity index (χ3v) is 1.42. The summed E-state index contributed by atoms with van der Waals surface area (Å²) in [6.45, 7) is 3.84. The van der Waals surface area contributed by atoms with E-state index in [1.165, 1.54) is 6.08 Å². The van der Waals surface area contributed by atoms with E-state index in [2.05, 4.69) is 16.6 Å². The molecule has 0 bridgehead atoms. The molecule has 0 fully saturated rings. The number of rotatable bonds is 6. The van der Waals surface area contributed by atoms with Gasteiger partial charge in [0.25, 0.3) is 0 Å². The second-order valence-corrected chi connectivity index (χ2v) is 2.48. The summed E-state index contributed by atoms with van der Waals surface area (Å²) in [7, 11) is 0. The van der Waals surface area contributed by atoms with E-state index in [0.717, 1.165) is 0 Å². The Morgan fingerprint density at radius 2 is 2.46 bits per heavy atom. The van der Waals surface area contributed by atoms with Crippen molar-refractivity contribution in [1.29, 1.82) is 0 Å². The summed E-state index contributed by atoms with van der Waals surface area (Å²) in [5.41, 5.74) is 5.33. The molecule has 0 aliphatic rings. The quantitative estimate of drug-likeness (QED) is 0.495. The highest BCUT2D eigenvalue weighted by molar-refractivity contribution is 5.67. The number of nitrogens with two attached hydrogens (primary N) is 1. The molecule has 0 aromatic heterocycles. The Bertz CT molecular complexity index is 161. The van der Waals surface area contributed by atoms with Crippen LogP contribution in [0, 0.1) is 0 Å². The number of alkyl carbamates (subject to hydrolysis) is 1. The summed E-state index contributed by atoms with van der Waals surface area (Å²) in [4.78, 5) is 10.9. The smallest absolute Gasteiger partial charge is 0.407 e. The molecule has 13 heavy (non-hydrogen) atoms. The van der Waals surface area contributed by atoms with Crippen LogP contribution in [0.25, 0.3) is 0 Å². The Labute approximate surface area is 77.6 Å². The molecule has 0 aromatic carbocycles. The number of hydrogen-bond donors (Lipinski definition) is 3. The van der Waals surface area contributed by atoms with E-state index < -0.39 is 6.09 Å². The molecular formula is C8H16N2O3. The van der Waals surface area contributed by atoms with Gasteiger partial charge >= 0.3 is 6.09 Å². The fraction of sp³-hybridized carbons (Fsp3) is 0.625. The number of ether oxygens (including phenoxy) is 1. The molecule has 0 aliphatic heterocycles. The summed E-state index contributed by atoms with van der Waals surface area (Å²) in [5, 5.41) is 11.1. The van der Waals surface area contributed by atoms with E-state index in [4.69, 9.17) is 10.8 Å². The lowest BCUT2D eigenvalue weighted by molar-refractivity contribution is 0.151. The maximum Gasteiger partial charge on any atom is 0.407 e. The van der Waals surface area contributed by atoms with Gasteiger partial charge in [0.2, 0.25) is 0 Å². The van der Waals surface area contributed by atoms with Gasteiger partial charge in [-0.15, -0.1) is 0 Å². The van der Waals surface area contributed by atoms with Gasteiger partial charge in [0, 0.05) is 19.2 Å². The van der Waals surface area contributed by atoms with Crippen molar-refractivity contribution in [2.24, 2.45) is 5.73 Å². The predicted molar refractivity (Wildman–Crippen MR) is 49.2 cm³/mol. The zero-order valence-corrected chi connectivity index (χ0v) is 7.53. The van der Waals surface area contributed by atoms with Crippen molar-refractivity contribution < 1.29 is 14.6 Å². The van der Waals surface area contributed by atoms with Gasteiger partial charge < -0.3 is 20.9 Å². The molecule has 0 saturated carbocycles.